The monoisotopic (exact) mass is 367 g/mol. The molecule has 3 N–H and O–H groups in total. The number of para-hydroxylation sites is 1. The normalized spacial score (nSPS) is 14.5. The van der Waals surface area contributed by atoms with E-state index in [9.17, 15) is 4.79 Å². The summed E-state index contributed by atoms with van der Waals surface area (Å²) in [6.45, 7) is 2.04. The molecule has 1 fully saturated rings. The highest BCUT2D eigenvalue weighted by molar-refractivity contribution is 7.80. The number of aryl methyl sites for hydroxylation is 1. The molecule has 136 valence electrons. The number of rotatable bonds is 4. The molecule has 0 spiro atoms. The number of thiocarbonyl (C=S) groups is 1. The first-order valence-corrected chi connectivity index (χ1v) is 9.57. The molecular weight excluding hydrogens is 342 g/mol. The summed E-state index contributed by atoms with van der Waals surface area (Å²) in [7, 11) is 0. The van der Waals surface area contributed by atoms with Crippen LogP contribution in [-0.2, 0) is 0 Å². The number of hydrogen-bond donors (Lipinski definition) is 3. The summed E-state index contributed by atoms with van der Waals surface area (Å²) in [6.07, 6.45) is 5.78. The van der Waals surface area contributed by atoms with Gasteiger partial charge in [0, 0.05) is 11.7 Å². The average Bonchev–Trinajstić information content (AvgIpc) is 2.65. The van der Waals surface area contributed by atoms with Crippen molar-refractivity contribution in [1.29, 1.82) is 0 Å². The van der Waals surface area contributed by atoms with Crippen LogP contribution in [0.1, 0.15) is 48.0 Å². The van der Waals surface area contributed by atoms with E-state index < -0.39 is 0 Å². The second-order valence-corrected chi connectivity index (χ2v) is 7.21. The zero-order valence-corrected chi connectivity index (χ0v) is 15.9. The molecule has 0 unspecified atom stereocenters. The van der Waals surface area contributed by atoms with Crippen molar-refractivity contribution >= 4 is 34.6 Å². The molecule has 0 radical (unpaired) electrons. The largest absolute Gasteiger partial charge is 0.349 e. The van der Waals surface area contributed by atoms with Crippen LogP contribution in [0.2, 0.25) is 0 Å². The molecule has 1 aliphatic carbocycles. The quantitative estimate of drug-likeness (QED) is 0.675. The first-order chi connectivity index (χ1) is 12.6. The van der Waals surface area contributed by atoms with Crippen molar-refractivity contribution in [2.45, 2.75) is 45.1 Å². The lowest BCUT2D eigenvalue weighted by Gasteiger charge is -2.23. The first kappa shape index (κ1) is 18.4. The minimum Gasteiger partial charge on any atom is -0.349 e. The summed E-state index contributed by atoms with van der Waals surface area (Å²) in [5, 5.41) is 9.93. The molecule has 1 amide bonds. The zero-order chi connectivity index (χ0) is 18.4. The van der Waals surface area contributed by atoms with Gasteiger partial charge in [-0.3, -0.25) is 4.79 Å². The number of anilines is 2. The van der Waals surface area contributed by atoms with E-state index in [-0.39, 0.29) is 11.9 Å². The van der Waals surface area contributed by atoms with Crippen LogP contribution < -0.4 is 16.0 Å². The van der Waals surface area contributed by atoms with Crippen LogP contribution in [0.3, 0.4) is 0 Å². The minimum atomic E-state index is -0.0434. The molecule has 1 aliphatic rings. The molecule has 0 saturated heterocycles. The van der Waals surface area contributed by atoms with E-state index >= 15 is 0 Å². The van der Waals surface area contributed by atoms with Crippen LogP contribution in [-0.4, -0.2) is 17.1 Å². The summed E-state index contributed by atoms with van der Waals surface area (Å²) in [4.78, 5) is 12.7. The smallest absolute Gasteiger partial charge is 0.253 e. The fourth-order valence-corrected chi connectivity index (χ4v) is 3.45. The predicted octanol–water partition coefficient (Wildman–Crippen LogP) is 4.87. The zero-order valence-electron chi connectivity index (χ0n) is 15.0. The van der Waals surface area contributed by atoms with Crippen LogP contribution in [0, 0.1) is 6.92 Å². The summed E-state index contributed by atoms with van der Waals surface area (Å²) in [5.74, 6) is -0.0434. The topological polar surface area (TPSA) is 53.2 Å². The third-order valence-corrected chi connectivity index (χ3v) is 4.87. The van der Waals surface area contributed by atoms with Crippen molar-refractivity contribution in [2.75, 3.05) is 10.6 Å². The lowest BCUT2D eigenvalue weighted by Crippen LogP contribution is -2.36. The Balaban J connectivity index is 1.65. The highest BCUT2D eigenvalue weighted by atomic mass is 32.1. The fourth-order valence-electron chi connectivity index (χ4n) is 3.22. The van der Waals surface area contributed by atoms with Gasteiger partial charge in [0.2, 0.25) is 0 Å². The number of nitrogens with one attached hydrogen (secondary N) is 3. The van der Waals surface area contributed by atoms with E-state index in [0.717, 1.165) is 18.5 Å². The molecule has 0 aliphatic heterocycles. The Bertz CT molecular complexity index is 767. The van der Waals surface area contributed by atoms with Gasteiger partial charge in [-0.1, -0.05) is 49.1 Å². The van der Waals surface area contributed by atoms with Gasteiger partial charge in [-0.25, -0.2) is 0 Å². The molecular formula is C21H25N3OS. The van der Waals surface area contributed by atoms with E-state index in [1.807, 2.05) is 55.5 Å². The van der Waals surface area contributed by atoms with Gasteiger partial charge in [-0.15, -0.1) is 0 Å². The molecule has 0 heterocycles. The van der Waals surface area contributed by atoms with E-state index in [2.05, 4.69) is 16.0 Å². The summed E-state index contributed by atoms with van der Waals surface area (Å²) in [5.41, 5.74) is 3.44. The van der Waals surface area contributed by atoms with Gasteiger partial charge in [0.15, 0.2) is 5.11 Å². The maximum absolute atomic E-state index is 12.7. The van der Waals surface area contributed by atoms with Crippen LogP contribution >= 0.6 is 12.2 Å². The summed E-state index contributed by atoms with van der Waals surface area (Å²) >= 11 is 5.40. The van der Waals surface area contributed by atoms with Crippen LogP contribution in [0.4, 0.5) is 11.4 Å². The molecule has 1 saturated carbocycles. The molecule has 0 atom stereocenters. The van der Waals surface area contributed by atoms with Crippen molar-refractivity contribution in [2.24, 2.45) is 0 Å². The van der Waals surface area contributed by atoms with Gasteiger partial charge in [0.25, 0.3) is 5.91 Å². The van der Waals surface area contributed by atoms with Crippen molar-refractivity contribution < 1.29 is 4.79 Å². The molecule has 2 aromatic carbocycles. The van der Waals surface area contributed by atoms with E-state index in [0.29, 0.717) is 16.4 Å². The molecule has 4 nitrogen and oxygen atoms in total. The molecule has 3 rings (SSSR count). The Morgan fingerprint density at radius 1 is 0.962 bits per heavy atom. The lowest BCUT2D eigenvalue weighted by atomic mass is 9.95. The van der Waals surface area contributed by atoms with E-state index in [1.54, 1.807) is 0 Å². The van der Waals surface area contributed by atoms with Gasteiger partial charge in [0.1, 0.15) is 0 Å². The Morgan fingerprint density at radius 2 is 1.65 bits per heavy atom. The second-order valence-electron chi connectivity index (χ2n) is 6.80. The Labute approximate surface area is 160 Å². The number of carbonyl (C=O) groups excluding carboxylic acids is 1. The lowest BCUT2D eigenvalue weighted by molar-refractivity contribution is 0.0928. The highest BCUT2D eigenvalue weighted by Crippen LogP contribution is 2.20. The van der Waals surface area contributed by atoms with Gasteiger partial charge in [0.05, 0.1) is 11.3 Å². The first-order valence-electron chi connectivity index (χ1n) is 9.16. The standard InChI is InChI=1S/C21H25N3OS/c1-15-11-13-17(14-12-15)23-21(26)24-19-10-6-5-9-18(19)20(25)22-16-7-3-2-4-8-16/h5-6,9-14,16H,2-4,7-8H2,1H3,(H,22,25)(H2,23,24,26). The van der Waals surface area contributed by atoms with Gasteiger partial charge in [-0.05, 0) is 56.2 Å². The predicted molar refractivity (Wildman–Crippen MR) is 112 cm³/mol. The fraction of sp³-hybridized carbons (Fsp3) is 0.333. The van der Waals surface area contributed by atoms with Crippen molar-refractivity contribution in [3.05, 3.63) is 59.7 Å². The van der Waals surface area contributed by atoms with Crippen LogP contribution in [0.25, 0.3) is 0 Å². The number of carbonyl (C=O) groups is 1. The SMILES string of the molecule is Cc1ccc(NC(=S)Nc2ccccc2C(=O)NC2CCCCC2)cc1. The average molecular weight is 368 g/mol. The highest BCUT2D eigenvalue weighted by Gasteiger charge is 2.18. The summed E-state index contributed by atoms with van der Waals surface area (Å²) < 4.78 is 0. The molecule has 0 bridgehead atoms. The molecule has 2 aromatic rings. The van der Waals surface area contributed by atoms with Crippen molar-refractivity contribution in [1.82, 2.24) is 5.32 Å². The number of hydrogen-bond acceptors (Lipinski definition) is 2. The van der Waals surface area contributed by atoms with E-state index in [4.69, 9.17) is 12.2 Å². The maximum atomic E-state index is 12.7. The maximum Gasteiger partial charge on any atom is 0.253 e. The third-order valence-electron chi connectivity index (χ3n) is 4.67. The molecule has 26 heavy (non-hydrogen) atoms. The van der Waals surface area contributed by atoms with Gasteiger partial charge in [-0.2, -0.15) is 0 Å². The summed E-state index contributed by atoms with van der Waals surface area (Å²) in [6, 6.07) is 15.8. The Morgan fingerprint density at radius 3 is 2.38 bits per heavy atom. The van der Waals surface area contributed by atoms with Gasteiger partial charge < -0.3 is 16.0 Å². The Hall–Kier alpha value is -2.40. The van der Waals surface area contributed by atoms with Crippen LogP contribution in [0.5, 0.6) is 0 Å². The molecule has 5 heteroatoms. The van der Waals surface area contributed by atoms with E-state index in [1.165, 1.54) is 24.8 Å². The Kier molecular flexibility index (Phi) is 6.23. The third kappa shape index (κ3) is 5.05. The van der Waals surface area contributed by atoms with Crippen molar-refractivity contribution in [3.8, 4) is 0 Å². The number of amides is 1. The van der Waals surface area contributed by atoms with Gasteiger partial charge >= 0.3 is 0 Å². The molecule has 0 aromatic heterocycles. The number of benzene rings is 2. The van der Waals surface area contributed by atoms with Crippen LogP contribution in [0.15, 0.2) is 48.5 Å². The van der Waals surface area contributed by atoms with Crippen molar-refractivity contribution in [3.63, 3.8) is 0 Å². The minimum absolute atomic E-state index is 0.0434. The second kappa shape index (κ2) is 8.81.